The largest absolute Gasteiger partial charge is 0.465 e. The molecule has 3 N–H and O–H groups in total. The molecule has 5 heteroatoms. The van der Waals surface area contributed by atoms with Crippen LogP contribution in [0.25, 0.3) is 0 Å². The lowest BCUT2D eigenvalue weighted by Crippen LogP contribution is -2.19. The van der Waals surface area contributed by atoms with Gasteiger partial charge in [0.2, 0.25) is 0 Å². The van der Waals surface area contributed by atoms with Crippen molar-refractivity contribution in [2.75, 3.05) is 18.2 Å². The molecular weight excluding hydrogens is 284 g/mol. The normalized spacial score (nSPS) is 12.2. The highest BCUT2D eigenvalue weighted by molar-refractivity contribution is 7.10. The van der Waals surface area contributed by atoms with Gasteiger partial charge in [0, 0.05) is 4.88 Å². The summed E-state index contributed by atoms with van der Waals surface area (Å²) in [7, 11) is 1.37. The second-order valence-corrected chi connectivity index (χ2v) is 6.12. The number of carbonyl (C=O) groups excluding carboxylic acids is 1. The Morgan fingerprint density at radius 3 is 2.62 bits per heavy atom. The van der Waals surface area contributed by atoms with Gasteiger partial charge in [-0.2, -0.15) is 0 Å². The molecule has 1 heterocycles. The zero-order valence-corrected chi connectivity index (χ0v) is 13.2. The molecule has 1 aromatic carbocycles. The molecule has 0 bridgehead atoms. The van der Waals surface area contributed by atoms with Gasteiger partial charge in [-0.3, -0.25) is 0 Å². The van der Waals surface area contributed by atoms with E-state index >= 15 is 0 Å². The molecule has 2 aromatic rings. The van der Waals surface area contributed by atoms with Crippen molar-refractivity contribution in [1.29, 1.82) is 0 Å². The number of para-hydroxylation sites is 1. The molecule has 0 saturated heterocycles. The number of ether oxygens (including phenoxy) is 1. The summed E-state index contributed by atoms with van der Waals surface area (Å²) in [5.41, 5.74) is 7.68. The first-order chi connectivity index (χ1) is 10.0. The highest BCUT2D eigenvalue weighted by Crippen LogP contribution is 2.33. The summed E-state index contributed by atoms with van der Waals surface area (Å²) in [6.45, 7) is 4.27. The van der Waals surface area contributed by atoms with Gasteiger partial charge in [-0.25, -0.2) is 4.79 Å². The number of thiophene rings is 1. The highest BCUT2D eigenvalue weighted by Gasteiger charge is 2.21. The first-order valence-corrected chi connectivity index (χ1v) is 7.69. The average Bonchev–Trinajstić information content (AvgIpc) is 2.98. The van der Waals surface area contributed by atoms with Crippen LogP contribution in [0.4, 0.5) is 11.4 Å². The third-order valence-corrected chi connectivity index (χ3v) is 4.27. The zero-order chi connectivity index (χ0) is 15.4. The van der Waals surface area contributed by atoms with Crippen LogP contribution in [-0.4, -0.2) is 13.1 Å². The zero-order valence-electron chi connectivity index (χ0n) is 12.4. The number of rotatable bonds is 5. The smallest absolute Gasteiger partial charge is 0.340 e. The van der Waals surface area contributed by atoms with E-state index in [1.54, 1.807) is 29.5 Å². The van der Waals surface area contributed by atoms with Crippen molar-refractivity contribution in [2.45, 2.75) is 19.9 Å². The Hall–Kier alpha value is -2.01. The molecule has 0 radical (unpaired) electrons. The van der Waals surface area contributed by atoms with Gasteiger partial charge in [0.1, 0.15) is 0 Å². The summed E-state index contributed by atoms with van der Waals surface area (Å²) in [4.78, 5) is 13.1. The lowest BCUT2D eigenvalue weighted by Gasteiger charge is -2.24. The Labute approximate surface area is 128 Å². The third-order valence-electron chi connectivity index (χ3n) is 3.32. The minimum atomic E-state index is -0.390. The van der Waals surface area contributed by atoms with Gasteiger partial charge in [-0.1, -0.05) is 26.0 Å². The van der Waals surface area contributed by atoms with Gasteiger partial charge < -0.3 is 15.8 Å². The Bertz CT molecular complexity index is 609. The first-order valence-electron chi connectivity index (χ1n) is 6.81. The number of hydrogen-bond donors (Lipinski definition) is 2. The number of nitrogen functional groups attached to an aromatic ring is 1. The summed E-state index contributed by atoms with van der Waals surface area (Å²) >= 11 is 1.68. The van der Waals surface area contributed by atoms with E-state index in [9.17, 15) is 4.79 Å². The maximum atomic E-state index is 11.9. The number of esters is 1. The van der Waals surface area contributed by atoms with Crippen molar-refractivity contribution in [2.24, 2.45) is 5.92 Å². The van der Waals surface area contributed by atoms with Crippen molar-refractivity contribution in [1.82, 2.24) is 0 Å². The molecule has 21 heavy (non-hydrogen) atoms. The molecule has 0 amide bonds. The number of nitrogens with two attached hydrogens (primary N) is 1. The summed E-state index contributed by atoms with van der Waals surface area (Å²) in [5.74, 6) is -0.0350. The summed E-state index contributed by atoms with van der Waals surface area (Å²) < 4.78 is 4.83. The molecule has 2 rings (SSSR count). The fourth-order valence-electron chi connectivity index (χ4n) is 2.20. The van der Waals surface area contributed by atoms with Crippen LogP contribution in [0.3, 0.4) is 0 Å². The molecule has 4 nitrogen and oxygen atoms in total. The maximum Gasteiger partial charge on any atom is 0.340 e. The van der Waals surface area contributed by atoms with E-state index in [1.165, 1.54) is 12.0 Å². The van der Waals surface area contributed by atoms with Gasteiger partial charge in [0.25, 0.3) is 0 Å². The van der Waals surface area contributed by atoms with Crippen LogP contribution in [0.15, 0.2) is 35.7 Å². The number of hydrogen-bond acceptors (Lipinski definition) is 5. The molecule has 0 spiro atoms. The van der Waals surface area contributed by atoms with Gasteiger partial charge in [0.15, 0.2) is 0 Å². The summed E-state index contributed by atoms with van der Waals surface area (Å²) in [6, 6.07) is 9.45. The molecule has 0 aliphatic rings. The molecule has 1 unspecified atom stereocenters. The van der Waals surface area contributed by atoms with E-state index in [0.29, 0.717) is 22.9 Å². The molecule has 1 aromatic heterocycles. The Morgan fingerprint density at radius 1 is 1.29 bits per heavy atom. The van der Waals surface area contributed by atoms with E-state index < -0.39 is 5.97 Å². The second kappa shape index (κ2) is 6.63. The Kier molecular flexibility index (Phi) is 4.85. The Morgan fingerprint density at radius 2 is 2.05 bits per heavy atom. The van der Waals surface area contributed by atoms with Crippen LogP contribution in [0.2, 0.25) is 0 Å². The molecule has 0 saturated carbocycles. The molecule has 1 atom stereocenters. The lowest BCUT2D eigenvalue weighted by atomic mass is 10.0. The molecular formula is C16H20N2O2S. The quantitative estimate of drug-likeness (QED) is 0.649. The van der Waals surface area contributed by atoms with Crippen LogP contribution in [0.1, 0.15) is 35.1 Å². The third kappa shape index (κ3) is 3.36. The minimum Gasteiger partial charge on any atom is -0.465 e. The van der Waals surface area contributed by atoms with Gasteiger partial charge >= 0.3 is 5.97 Å². The second-order valence-electron chi connectivity index (χ2n) is 5.14. The number of carbonyl (C=O) groups is 1. The van der Waals surface area contributed by atoms with Crippen LogP contribution in [0, 0.1) is 5.92 Å². The predicted molar refractivity (Wildman–Crippen MR) is 87.7 cm³/mol. The van der Waals surface area contributed by atoms with Crippen molar-refractivity contribution in [3.05, 3.63) is 46.2 Å². The fraction of sp³-hybridized carbons (Fsp3) is 0.312. The van der Waals surface area contributed by atoms with Crippen molar-refractivity contribution < 1.29 is 9.53 Å². The fourth-order valence-corrected chi connectivity index (χ4v) is 3.15. The highest BCUT2D eigenvalue weighted by atomic mass is 32.1. The predicted octanol–water partition coefficient (Wildman–Crippen LogP) is 3.93. The average molecular weight is 304 g/mol. The van der Waals surface area contributed by atoms with Crippen LogP contribution >= 0.6 is 11.3 Å². The van der Waals surface area contributed by atoms with E-state index in [4.69, 9.17) is 10.5 Å². The van der Waals surface area contributed by atoms with E-state index in [-0.39, 0.29) is 6.04 Å². The molecule has 0 aliphatic carbocycles. The number of nitrogens with one attached hydrogen (secondary N) is 1. The lowest BCUT2D eigenvalue weighted by molar-refractivity contribution is 0.0602. The van der Waals surface area contributed by atoms with Crippen LogP contribution in [-0.2, 0) is 4.74 Å². The SMILES string of the molecule is COC(=O)c1cccc(N)c1NC(c1cccs1)C(C)C. The van der Waals surface area contributed by atoms with E-state index in [1.807, 2.05) is 11.4 Å². The summed E-state index contributed by atoms with van der Waals surface area (Å²) in [6.07, 6.45) is 0. The standard InChI is InChI=1S/C16H20N2O2S/c1-10(2)14(13-8-5-9-21-13)18-15-11(16(19)20-3)6-4-7-12(15)17/h4-10,14,18H,17H2,1-3H3. The van der Waals surface area contributed by atoms with Crippen molar-refractivity contribution >= 4 is 28.7 Å². The number of methoxy groups -OCH3 is 1. The van der Waals surface area contributed by atoms with Crippen molar-refractivity contribution in [3.63, 3.8) is 0 Å². The molecule has 112 valence electrons. The van der Waals surface area contributed by atoms with Gasteiger partial charge in [0.05, 0.1) is 30.1 Å². The van der Waals surface area contributed by atoms with E-state index in [0.717, 1.165) is 0 Å². The summed E-state index contributed by atoms with van der Waals surface area (Å²) in [5, 5.41) is 5.46. The topological polar surface area (TPSA) is 64.3 Å². The maximum absolute atomic E-state index is 11.9. The first kappa shape index (κ1) is 15.4. The minimum absolute atomic E-state index is 0.0955. The van der Waals surface area contributed by atoms with Gasteiger partial charge in [-0.05, 0) is 29.5 Å². The van der Waals surface area contributed by atoms with Crippen LogP contribution < -0.4 is 11.1 Å². The van der Waals surface area contributed by atoms with Gasteiger partial charge in [-0.15, -0.1) is 11.3 Å². The Balaban J connectivity index is 2.39. The van der Waals surface area contributed by atoms with E-state index in [2.05, 4.69) is 25.2 Å². The van der Waals surface area contributed by atoms with Crippen LogP contribution in [0.5, 0.6) is 0 Å². The van der Waals surface area contributed by atoms with Crippen molar-refractivity contribution in [3.8, 4) is 0 Å². The number of anilines is 2. The molecule has 0 aliphatic heterocycles. The number of benzene rings is 1. The monoisotopic (exact) mass is 304 g/mol. The molecule has 0 fully saturated rings.